The van der Waals surface area contributed by atoms with Crippen molar-refractivity contribution in [3.05, 3.63) is 59.8 Å². The number of anilines is 1. The van der Waals surface area contributed by atoms with Crippen LogP contribution in [0.3, 0.4) is 0 Å². The van der Waals surface area contributed by atoms with Crippen LogP contribution < -0.4 is 10.2 Å². The molecular formula is C22H21F6N5O. The fourth-order valence-corrected chi connectivity index (χ4v) is 4.15. The Morgan fingerprint density at radius 3 is 2.24 bits per heavy atom. The maximum Gasteiger partial charge on any atom is 0.433 e. The number of pyridine rings is 2. The van der Waals surface area contributed by atoms with Gasteiger partial charge in [0.2, 0.25) is 0 Å². The predicted octanol–water partition coefficient (Wildman–Crippen LogP) is 4.94. The minimum atomic E-state index is -5.00. The third-order valence-corrected chi connectivity index (χ3v) is 6.03. The molecule has 1 fully saturated rings. The second-order valence-corrected chi connectivity index (χ2v) is 8.29. The summed E-state index contributed by atoms with van der Waals surface area (Å²) in [6, 6.07) is 4.23. The van der Waals surface area contributed by atoms with Crippen molar-refractivity contribution in [3.8, 4) is 0 Å². The van der Waals surface area contributed by atoms with Crippen molar-refractivity contribution in [1.82, 2.24) is 19.7 Å². The molecule has 0 aliphatic heterocycles. The molecule has 0 spiro atoms. The second-order valence-electron chi connectivity index (χ2n) is 8.29. The zero-order valence-electron chi connectivity index (χ0n) is 18.0. The summed E-state index contributed by atoms with van der Waals surface area (Å²) in [6.45, 7) is 0. The van der Waals surface area contributed by atoms with E-state index in [1.54, 1.807) is 35.1 Å². The molecule has 1 N–H and O–H groups in total. The summed E-state index contributed by atoms with van der Waals surface area (Å²) in [5.41, 5.74) is -2.20. The maximum atomic E-state index is 13.1. The molecule has 6 nitrogen and oxygen atoms in total. The van der Waals surface area contributed by atoms with Gasteiger partial charge in [0.1, 0.15) is 17.0 Å². The van der Waals surface area contributed by atoms with Crippen molar-refractivity contribution in [1.29, 1.82) is 0 Å². The molecule has 0 atom stereocenters. The molecule has 0 bridgehead atoms. The summed E-state index contributed by atoms with van der Waals surface area (Å²) < 4.78 is 80.5. The van der Waals surface area contributed by atoms with E-state index in [0.717, 1.165) is 0 Å². The fourth-order valence-electron chi connectivity index (χ4n) is 4.15. The quantitative estimate of drug-likeness (QED) is 0.532. The highest BCUT2D eigenvalue weighted by Gasteiger charge is 2.39. The molecule has 0 radical (unpaired) electrons. The van der Waals surface area contributed by atoms with Gasteiger partial charge in [-0.2, -0.15) is 26.3 Å². The number of rotatable bonds is 4. The average Bonchev–Trinajstić information content (AvgIpc) is 3.25. The van der Waals surface area contributed by atoms with Crippen LogP contribution in [0, 0.1) is 0 Å². The number of aromatic nitrogens is 3. The van der Waals surface area contributed by atoms with Crippen molar-refractivity contribution >= 4 is 17.2 Å². The number of carbonyl (C=O) groups is 1. The monoisotopic (exact) mass is 485 g/mol. The SMILES string of the molecule is CN(c1cc(C(F)(F)F)nc(C(F)(F)F)c1)[C@H]1CC[C@@H](NC(=O)c2ccc3nccn3c2)CC1. The van der Waals surface area contributed by atoms with E-state index in [1.165, 1.54) is 11.9 Å². The van der Waals surface area contributed by atoms with Gasteiger partial charge in [0.05, 0.1) is 5.56 Å². The van der Waals surface area contributed by atoms with Crippen LogP contribution in [0.15, 0.2) is 42.9 Å². The van der Waals surface area contributed by atoms with Gasteiger partial charge >= 0.3 is 12.4 Å². The minimum Gasteiger partial charge on any atom is -0.371 e. The van der Waals surface area contributed by atoms with Gasteiger partial charge in [0, 0.05) is 43.4 Å². The Morgan fingerprint density at radius 2 is 1.65 bits per heavy atom. The molecule has 1 aliphatic carbocycles. The van der Waals surface area contributed by atoms with E-state index in [9.17, 15) is 31.1 Å². The topological polar surface area (TPSA) is 62.5 Å². The van der Waals surface area contributed by atoms with Crippen LogP contribution in [-0.2, 0) is 12.4 Å². The van der Waals surface area contributed by atoms with Gasteiger partial charge in [-0.25, -0.2) is 9.97 Å². The van der Waals surface area contributed by atoms with Gasteiger partial charge in [-0.3, -0.25) is 4.79 Å². The number of fused-ring (bicyclic) bond motifs is 1. The highest BCUT2D eigenvalue weighted by atomic mass is 19.4. The van der Waals surface area contributed by atoms with Crippen LogP contribution in [-0.4, -0.2) is 39.4 Å². The Hall–Kier alpha value is -3.31. The molecule has 4 rings (SSSR count). The molecular weight excluding hydrogens is 464 g/mol. The van der Waals surface area contributed by atoms with E-state index < -0.39 is 23.7 Å². The molecule has 0 saturated heterocycles. The lowest BCUT2D eigenvalue weighted by atomic mass is 9.90. The normalized spacial score (nSPS) is 19.3. The van der Waals surface area contributed by atoms with E-state index >= 15 is 0 Å². The number of nitrogens with zero attached hydrogens (tertiary/aromatic N) is 4. The van der Waals surface area contributed by atoms with Gasteiger partial charge in [-0.15, -0.1) is 0 Å². The van der Waals surface area contributed by atoms with Crippen LogP contribution in [0.1, 0.15) is 47.4 Å². The molecule has 34 heavy (non-hydrogen) atoms. The lowest BCUT2D eigenvalue weighted by Gasteiger charge is -2.36. The number of hydrogen-bond acceptors (Lipinski definition) is 4. The third kappa shape index (κ3) is 5.10. The summed E-state index contributed by atoms with van der Waals surface area (Å²) >= 11 is 0. The third-order valence-electron chi connectivity index (χ3n) is 6.03. The minimum absolute atomic E-state index is 0.149. The number of carbonyl (C=O) groups excluding carboxylic acids is 1. The number of amides is 1. The van der Waals surface area contributed by atoms with Crippen molar-refractivity contribution in [3.63, 3.8) is 0 Å². The van der Waals surface area contributed by atoms with Gasteiger partial charge < -0.3 is 14.6 Å². The van der Waals surface area contributed by atoms with Gasteiger partial charge in [-0.05, 0) is 49.9 Å². The Balaban J connectivity index is 1.42. The molecule has 3 heterocycles. The average molecular weight is 485 g/mol. The van der Waals surface area contributed by atoms with E-state index in [0.29, 0.717) is 49.0 Å². The summed E-state index contributed by atoms with van der Waals surface area (Å²) in [4.78, 5) is 20.9. The second kappa shape index (κ2) is 8.80. The molecule has 3 aromatic rings. The van der Waals surface area contributed by atoms with Gasteiger partial charge in [0.15, 0.2) is 0 Å². The first-order valence-corrected chi connectivity index (χ1v) is 10.5. The first-order valence-electron chi connectivity index (χ1n) is 10.5. The number of hydrogen-bond donors (Lipinski definition) is 1. The zero-order valence-corrected chi connectivity index (χ0v) is 18.0. The molecule has 0 unspecified atom stereocenters. The highest BCUT2D eigenvalue weighted by molar-refractivity contribution is 5.94. The molecule has 1 saturated carbocycles. The van der Waals surface area contributed by atoms with Crippen LogP contribution >= 0.6 is 0 Å². The van der Waals surface area contributed by atoms with E-state index in [2.05, 4.69) is 15.3 Å². The molecule has 0 aromatic carbocycles. The van der Waals surface area contributed by atoms with Gasteiger partial charge in [-0.1, -0.05) is 0 Å². The Bertz CT molecular complexity index is 1150. The van der Waals surface area contributed by atoms with E-state index in [-0.39, 0.29) is 23.7 Å². The summed E-state index contributed by atoms with van der Waals surface area (Å²) in [6.07, 6.45) is -2.93. The molecule has 182 valence electrons. The summed E-state index contributed by atoms with van der Waals surface area (Å²) in [7, 11) is 1.47. The lowest BCUT2D eigenvalue weighted by molar-refractivity contribution is -0.150. The summed E-state index contributed by atoms with van der Waals surface area (Å²) in [5.74, 6) is -0.258. The van der Waals surface area contributed by atoms with Crippen molar-refractivity contribution in [2.75, 3.05) is 11.9 Å². The van der Waals surface area contributed by atoms with Crippen LogP contribution in [0.25, 0.3) is 5.65 Å². The molecule has 3 aromatic heterocycles. The van der Waals surface area contributed by atoms with Crippen molar-refractivity contribution in [2.24, 2.45) is 0 Å². The predicted molar refractivity (Wildman–Crippen MR) is 111 cm³/mol. The number of nitrogens with one attached hydrogen (secondary N) is 1. The summed E-state index contributed by atoms with van der Waals surface area (Å²) in [5, 5.41) is 2.95. The Kier molecular flexibility index (Phi) is 6.17. The number of imidazole rings is 1. The first-order chi connectivity index (χ1) is 15.9. The standard InChI is InChI=1S/C22H21F6N5O/c1-32(16-10-17(21(23,24)25)31-18(11-16)22(26,27)28)15-5-3-14(4-6-15)30-20(34)13-2-7-19-29-8-9-33(19)12-13/h2,7-12,14-15H,3-6H2,1H3,(H,30,34)/t14-,15+. The van der Waals surface area contributed by atoms with Crippen LogP contribution in [0.5, 0.6) is 0 Å². The van der Waals surface area contributed by atoms with Crippen LogP contribution in [0.2, 0.25) is 0 Å². The number of alkyl halides is 6. The zero-order chi connectivity index (χ0) is 24.7. The molecule has 1 aliphatic rings. The largest absolute Gasteiger partial charge is 0.433 e. The van der Waals surface area contributed by atoms with E-state index in [1.807, 2.05) is 0 Å². The highest BCUT2D eigenvalue weighted by Crippen LogP contribution is 2.37. The Morgan fingerprint density at radius 1 is 1.03 bits per heavy atom. The first kappa shape index (κ1) is 23.8. The van der Waals surface area contributed by atoms with Crippen molar-refractivity contribution in [2.45, 2.75) is 50.1 Å². The number of halogens is 6. The van der Waals surface area contributed by atoms with Crippen molar-refractivity contribution < 1.29 is 31.1 Å². The van der Waals surface area contributed by atoms with Gasteiger partial charge in [0.25, 0.3) is 5.91 Å². The molecule has 12 heteroatoms. The lowest BCUT2D eigenvalue weighted by Crippen LogP contribution is -2.43. The maximum absolute atomic E-state index is 13.1. The molecule has 1 amide bonds. The smallest absolute Gasteiger partial charge is 0.371 e. The Labute approximate surface area is 190 Å². The van der Waals surface area contributed by atoms with E-state index in [4.69, 9.17) is 0 Å². The van der Waals surface area contributed by atoms with Crippen LogP contribution in [0.4, 0.5) is 32.0 Å². The fraction of sp³-hybridized carbons (Fsp3) is 0.409.